The van der Waals surface area contributed by atoms with Crippen LogP contribution >= 0.6 is 27.5 Å². The quantitative estimate of drug-likeness (QED) is 0.392. The normalized spacial score (nSPS) is 10.7. The minimum Gasteiger partial charge on any atom is -0.493 e. The third-order valence-electron chi connectivity index (χ3n) is 3.90. The summed E-state index contributed by atoms with van der Waals surface area (Å²) in [5.74, 6) is 0.744. The summed E-state index contributed by atoms with van der Waals surface area (Å²) in [6, 6.07) is 14.3. The second-order valence-corrected chi connectivity index (χ2v) is 7.11. The lowest BCUT2D eigenvalue weighted by Crippen LogP contribution is -2.17. The molecule has 0 bridgehead atoms. The highest BCUT2D eigenvalue weighted by molar-refractivity contribution is 9.10. The summed E-state index contributed by atoms with van der Waals surface area (Å²) < 4.78 is 12.0. The number of aromatic nitrogens is 1. The molecule has 0 aliphatic rings. The Bertz CT molecular complexity index is 1030. The van der Waals surface area contributed by atoms with Crippen molar-refractivity contribution < 1.29 is 14.3 Å². The fourth-order valence-corrected chi connectivity index (χ4v) is 3.22. The van der Waals surface area contributed by atoms with Crippen molar-refractivity contribution in [1.82, 2.24) is 10.4 Å². The van der Waals surface area contributed by atoms with Crippen LogP contribution in [0.5, 0.6) is 11.5 Å². The molecule has 1 heterocycles. The van der Waals surface area contributed by atoms with Crippen molar-refractivity contribution in [1.29, 1.82) is 0 Å². The number of nitrogens with one attached hydrogen (secondary N) is 1. The summed E-state index contributed by atoms with van der Waals surface area (Å²) >= 11 is 9.67. The summed E-state index contributed by atoms with van der Waals surface area (Å²) in [5, 5.41) is 4.63. The van der Waals surface area contributed by atoms with E-state index < -0.39 is 0 Å². The molecular weight excluding hydrogens is 458 g/mol. The van der Waals surface area contributed by atoms with Gasteiger partial charge >= 0.3 is 0 Å². The van der Waals surface area contributed by atoms with Crippen molar-refractivity contribution in [3.05, 3.63) is 87.1 Å². The van der Waals surface area contributed by atoms with Gasteiger partial charge in [-0.05, 0) is 51.8 Å². The van der Waals surface area contributed by atoms with Crippen LogP contribution in [-0.4, -0.2) is 24.2 Å². The minimum absolute atomic E-state index is 0.296. The van der Waals surface area contributed by atoms with Crippen LogP contribution < -0.4 is 14.9 Å². The zero-order valence-corrected chi connectivity index (χ0v) is 17.8. The number of ether oxygens (including phenoxy) is 2. The van der Waals surface area contributed by atoms with Gasteiger partial charge in [-0.25, -0.2) is 5.43 Å². The molecular formula is C21H17BrClN3O3. The summed E-state index contributed by atoms with van der Waals surface area (Å²) in [6.45, 7) is 0.296. The van der Waals surface area contributed by atoms with Gasteiger partial charge in [-0.2, -0.15) is 5.10 Å². The first-order valence-electron chi connectivity index (χ1n) is 8.55. The number of hydrogen-bond donors (Lipinski definition) is 1. The number of pyridine rings is 1. The average Bonchev–Trinajstić information content (AvgIpc) is 2.74. The minimum atomic E-state index is -0.325. The van der Waals surface area contributed by atoms with Gasteiger partial charge in [-0.1, -0.05) is 29.8 Å². The number of carbonyl (C=O) groups is 1. The van der Waals surface area contributed by atoms with Gasteiger partial charge in [0.2, 0.25) is 0 Å². The van der Waals surface area contributed by atoms with E-state index >= 15 is 0 Å². The molecule has 0 spiro atoms. The molecule has 8 heteroatoms. The highest BCUT2D eigenvalue weighted by atomic mass is 79.9. The molecule has 3 rings (SSSR count). The van der Waals surface area contributed by atoms with Crippen molar-refractivity contribution in [3.8, 4) is 11.5 Å². The number of hydrogen-bond acceptors (Lipinski definition) is 5. The van der Waals surface area contributed by atoms with Gasteiger partial charge in [0.1, 0.15) is 6.61 Å². The summed E-state index contributed by atoms with van der Waals surface area (Å²) in [7, 11) is 1.55. The van der Waals surface area contributed by atoms with E-state index in [0.29, 0.717) is 38.7 Å². The van der Waals surface area contributed by atoms with Gasteiger partial charge in [0.05, 0.1) is 17.8 Å². The number of benzene rings is 2. The highest BCUT2D eigenvalue weighted by Gasteiger charge is 2.12. The van der Waals surface area contributed by atoms with Crippen molar-refractivity contribution >= 4 is 39.7 Å². The number of amides is 1. The number of rotatable bonds is 7. The maximum atomic E-state index is 12.0. The van der Waals surface area contributed by atoms with E-state index in [0.717, 1.165) is 5.56 Å². The molecule has 29 heavy (non-hydrogen) atoms. The Morgan fingerprint density at radius 2 is 2.00 bits per heavy atom. The molecule has 0 atom stereocenters. The second-order valence-electron chi connectivity index (χ2n) is 5.85. The van der Waals surface area contributed by atoms with Crippen LogP contribution in [0.15, 0.2) is 70.5 Å². The van der Waals surface area contributed by atoms with Crippen molar-refractivity contribution in [2.45, 2.75) is 6.61 Å². The van der Waals surface area contributed by atoms with E-state index in [-0.39, 0.29) is 5.91 Å². The standard InChI is InChI=1S/C21H17BrClN3O3/c1-28-19-11-14(12-25-26-21(27)15-6-8-24-9-7-15)10-17(22)20(19)29-13-16-4-2-3-5-18(16)23/h2-12H,13H2,1H3,(H,26,27)/b25-12+. The van der Waals surface area contributed by atoms with E-state index in [1.54, 1.807) is 37.7 Å². The highest BCUT2D eigenvalue weighted by Crippen LogP contribution is 2.37. The van der Waals surface area contributed by atoms with Gasteiger partial charge in [0, 0.05) is 28.5 Å². The SMILES string of the molecule is COc1cc(/C=N/NC(=O)c2ccncc2)cc(Br)c1OCc1ccccc1Cl. The number of carbonyl (C=O) groups excluding carboxylic acids is 1. The lowest BCUT2D eigenvalue weighted by molar-refractivity contribution is 0.0955. The van der Waals surface area contributed by atoms with Crippen LogP contribution in [0.4, 0.5) is 0 Å². The van der Waals surface area contributed by atoms with Crippen LogP contribution in [0.25, 0.3) is 0 Å². The molecule has 0 unspecified atom stereocenters. The number of methoxy groups -OCH3 is 1. The average molecular weight is 475 g/mol. The summed E-state index contributed by atoms with van der Waals surface area (Å²) in [6.07, 6.45) is 4.61. The molecule has 2 aromatic carbocycles. The molecule has 0 saturated carbocycles. The summed E-state index contributed by atoms with van der Waals surface area (Å²) in [5.41, 5.74) is 4.53. The Morgan fingerprint density at radius 1 is 1.24 bits per heavy atom. The molecule has 3 aromatic rings. The maximum Gasteiger partial charge on any atom is 0.271 e. The Labute approximate surface area is 181 Å². The van der Waals surface area contributed by atoms with E-state index in [9.17, 15) is 4.79 Å². The maximum absolute atomic E-state index is 12.0. The monoisotopic (exact) mass is 473 g/mol. The molecule has 0 saturated heterocycles. The predicted molar refractivity (Wildman–Crippen MR) is 116 cm³/mol. The summed E-state index contributed by atoms with van der Waals surface area (Å²) in [4.78, 5) is 15.9. The lowest BCUT2D eigenvalue weighted by Gasteiger charge is -2.14. The van der Waals surface area contributed by atoms with E-state index in [1.165, 1.54) is 6.21 Å². The fourth-order valence-electron chi connectivity index (χ4n) is 2.45. The molecule has 148 valence electrons. The third kappa shape index (κ3) is 5.56. The molecule has 0 aliphatic heterocycles. The van der Waals surface area contributed by atoms with Gasteiger partial charge in [-0.15, -0.1) is 0 Å². The Morgan fingerprint density at radius 3 is 2.72 bits per heavy atom. The van der Waals surface area contributed by atoms with Crippen LogP contribution in [0, 0.1) is 0 Å². The second kappa shape index (κ2) is 10.0. The Balaban J connectivity index is 1.70. The molecule has 0 radical (unpaired) electrons. The Kier molecular flexibility index (Phi) is 7.21. The number of halogens is 2. The molecule has 1 N–H and O–H groups in total. The zero-order chi connectivity index (χ0) is 20.6. The molecule has 0 fully saturated rings. The van der Waals surface area contributed by atoms with Crippen molar-refractivity contribution in [3.63, 3.8) is 0 Å². The number of hydrazone groups is 1. The topological polar surface area (TPSA) is 72.8 Å². The first kappa shape index (κ1) is 20.8. The van der Waals surface area contributed by atoms with Crippen molar-refractivity contribution in [2.75, 3.05) is 7.11 Å². The largest absolute Gasteiger partial charge is 0.493 e. The lowest BCUT2D eigenvalue weighted by atomic mass is 10.2. The molecule has 1 amide bonds. The van der Waals surface area contributed by atoms with Crippen LogP contribution in [0.1, 0.15) is 21.5 Å². The first-order chi connectivity index (χ1) is 14.1. The third-order valence-corrected chi connectivity index (χ3v) is 4.86. The van der Waals surface area contributed by atoms with Crippen LogP contribution in [0.2, 0.25) is 5.02 Å². The van der Waals surface area contributed by atoms with E-state index in [4.69, 9.17) is 21.1 Å². The van der Waals surface area contributed by atoms with Gasteiger partial charge < -0.3 is 9.47 Å². The zero-order valence-electron chi connectivity index (χ0n) is 15.4. The molecule has 1 aromatic heterocycles. The van der Waals surface area contributed by atoms with Crippen molar-refractivity contribution in [2.24, 2.45) is 5.10 Å². The van der Waals surface area contributed by atoms with Crippen LogP contribution in [-0.2, 0) is 6.61 Å². The van der Waals surface area contributed by atoms with E-state index in [2.05, 4.69) is 31.4 Å². The number of nitrogens with zero attached hydrogens (tertiary/aromatic N) is 2. The van der Waals surface area contributed by atoms with Gasteiger partial charge in [0.15, 0.2) is 11.5 Å². The smallest absolute Gasteiger partial charge is 0.271 e. The molecule has 0 aliphatic carbocycles. The first-order valence-corrected chi connectivity index (χ1v) is 9.72. The van der Waals surface area contributed by atoms with Gasteiger partial charge in [-0.3, -0.25) is 9.78 Å². The van der Waals surface area contributed by atoms with Crippen LogP contribution in [0.3, 0.4) is 0 Å². The molecule has 6 nitrogen and oxygen atoms in total. The predicted octanol–water partition coefficient (Wildman–Crippen LogP) is 4.85. The van der Waals surface area contributed by atoms with E-state index in [1.807, 2.05) is 30.3 Å². The fraction of sp³-hybridized carbons (Fsp3) is 0.0952. The van der Waals surface area contributed by atoms with Gasteiger partial charge in [0.25, 0.3) is 5.91 Å². The Hall–Kier alpha value is -2.90.